The normalized spacial score (nSPS) is 26.2. The van der Waals surface area contributed by atoms with Crippen LogP contribution in [0.2, 0.25) is 0 Å². The molecule has 3 unspecified atom stereocenters. The van der Waals surface area contributed by atoms with Crippen LogP contribution in [-0.4, -0.2) is 44.8 Å². The first-order valence-corrected chi connectivity index (χ1v) is 10.5. The van der Waals surface area contributed by atoms with Crippen LogP contribution < -0.4 is 10.5 Å². The van der Waals surface area contributed by atoms with E-state index in [0.29, 0.717) is 23.4 Å². The van der Waals surface area contributed by atoms with E-state index in [4.69, 9.17) is 10.5 Å². The van der Waals surface area contributed by atoms with Gasteiger partial charge in [-0.2, -0.15) is 4.39 Å². The van der Waals surface area contributed by atoms with E-state index in [1.54, 1.807) is 37.4 Å². The van der Waals surface area contributed by atoms with Crippen molar-refractivity contribution in [3.8, 4) is 17.0 Å². The summed E-state index contributed by atoms with van der Waals surface area (Å²) in [6.07, 6.45) is 2.54. The highest BCUT2D eigenvalue weighted by Gasteiger charge is 2.56. The van der Waals surface area contributed by atoms with Gasteiger partial charge in [0.2, 0.25) is 5.95 Å². The number of fused-ring (bicyclic) bond motifs is 2. The van der Waals surface area contributed by atoms with Crippen LogP contribution in [0.4, 0.5) is 8.78 Å². The van der Waals surface area contributed by atoms with Crippen molar-refractivity contribution < 1.29 is 18.6 Å². The fourth-order valence-electron chi connectivity index (χ4n) is 4.80. The lowest BCUT2D eigenvalue weighted by molar-refractivity contribution is -0.0481. The lowest BCUT2D eigenvalue weighted by atomic mass is 9.74. The second-order valence-electron chi connectivity index (χ2n) is 8.82. The van der Waals surface area contributed by atoms with Gasteiger partial charge in [0.1, 0.15) is 22.7 Å². The molecule has 2 aliphatic heterocycles. The van der Waals surface area contributed by atoms with Crippen LogP contribution in [0.15, 0.2) is 59.9 Å². The molecule has 2 aromatic heterocycles. The topological polar surface area (TPSA) is 96.9 Å². The van der Waals surface area contributed by atoms with Gasteiger partial charge in [-0.25, -0.2) is 14.4 Å². The molecule has 0 aliphatic carbocycles. The number of likely N-dealkylation sites (N-methyl/N-ethyl adjacent to an activating group) is 1. The molecule has 1 spiro atoms. The minimum Gasteiger partial charge on any atom is -0.485 e. The van der Waals surface area contributed by atoms with Gasteiger partial charge in [-0.1, -0.05) is 12.1 Å². The predicted octanol–water partition coefficient (Wildman–Crippen LogP) is 2.98. The number of pyridine rings is 2. The third-order valence-electron chi connectivity index (χ3n) is 6.33. The van der Waals surface area contributed by atoms with E-state index >= 15 is 0 Å². The standard InChI is InChI=1S/C24H23F2N5O2/c1-23(11-14-5-7-15(25)8-6-14)13-24(21(32)31(2)22(27)30-24)17-10-18(29-12-19(17)33-23)16-4-3-9-28-20(16)26/h3-10,12,21,32H,11,13H2,1-2H3,(H2,27,30). The van der Waals surface area contributed by atoms with E-state index in [9.17, 15) is 13.9 Å². The molecular weight excluding hydrogens is 428 g/mol. The number of aliphatic imine (C=N–C) groups is 1. The maximum absolute atomic E-state index is 14.4. The zero-order valence-electron chi connectivity index (χ0n) is 18.2. The van der Waals surface area contributed by atoms with Crippen LogP contribution in [0.25, 0.3) is 11.3 Å². The highest BCUT2D eigenvalue weighted by atomic mass is 19.1. The maximum atomic E-state index is 14.4. The van der Waals surface area contributed by atoms with Crippen molar-refractivity contribution in [2.45, 2.75) is 37.1 Å². The van der Waals surface area contributed by atoms with Crippen molar-refractivity contribution in [1.82, 2.24) is 14.9 Å². The summed E-state index contributed by atoms with van der Waals surface area (Å²) in [6, 6.07) is 11.1. The van der Waals surface area contributed by atoms with Crippen molar-refractivity contribution in [1.29, 1.82) is 0 Å². The minimum absolute atomic E-state index is 0.186. The van der Waals surface area contributed by atoms with Crippen molar-refractivity contribution in [3.05, 3.63) is 77.8 Å². The first-order chi connectivity index (χ1) is 15.7. The molecule has 5 rings (SSSR count). The van der Waals surface area contributed by atoms with E-state index in [1.807, 2.05) is 6.92 Å². The van der Waals surface area contributed by atoms with E-state index in [1.165, 1.54) is 29.4 Å². The van der Waals surface area contributed by atoms with Gasteiger partial charge in [-0.3, -0.25) is 4.98 Å². The van der Waals surface area contributed by atoms with Crippen molar-refractivity contribution >= 4 is 5.96 Å². The summed E-state index contributed by atoms with van der Waals surface area (Å²) in [5, 5.41) is 11.3. The molecule has 0 amide bonds. The van der Waals surface area contributed by atoms with Gasteiger partial charge in [0, 0.05) is 31.6 Å². The molecule has 0 saturated carbocycles. The number of aromatic nitrogens is 2. The number of guanidine groups is 1. The number of hydrogen-bond donors (Lipinski definition) is 2. The number of ether oxygens (including phenoxy) is 1. The van der Waals surface area contributed by atoms with Crippen molar-refractivity contribution in [3.63, 3.8) is 0 Å². The zero-order valence-corrected chi connectivity index (χ0v) is 18.2. The third kappa shape index (κ3) is 3.48. The lowest BCUT2D eigenvalue weighted by Gasteiger charge is -2.45. The fourth-order valence-corrected chi connectivity index (χ4v) is 4.80. The summed E-state index contributed by atoms with van der Waals surface area (Å²) in [7, 11) is 1.66. The van der Waals surface area contributed by atoms with Crippen LogP contribution in [0.5, 0.6) is 5.75 Å². The highest BCUT2D eigenvalue weighted by Crippen LogP contribution is 2.51. The molecule has 3 atom stereocenters. The number of rotatable bonds is 3. The lowest BCUT2D eigenvalue weighted by Crippen LogP contribution is -2.53. The van der Waals surface area contributed by atoms with E-state index in [-0.39, 0.29) is 23.8 Å². The Morgan fingerprint density at radius 1 is 1.21 bits per heavy atom. The molecule has 170 valence electrons. The average Bonchev–Trinajstić information content (AvgIpc) is 2.99. The molecule has 7 nitrogen and oxygen atoms in total. The van der Waals surface area contributed by atoms with Crippen molar-refractivity contribution in [2.24, 2.45) is 10.7 Å². The predicted molar refractivity (Wildman–Crippen MR) is 118 cm³/mol. The Kier molecular flexibility index (Phi) is 4.82. The first-order valence-electron chi connectivity index (χ1n) is 10.5. The van der Waals surface area contributed by atoms with Crippen LogP contribution in [0, 0.1) is 11.8 Å². The molecule has 2 aliphatic rings. The first kappa shape index (κ1) is 21.3. The van der Waals surface area contributed by atoms with E-state index in [2.05, 4.69) is 15.0 Å². The summed E-state index contributed by atoms with van der Waals surface area (Å²) in [5.41, 5.74) is 6.16. The van der Waals surface area contributed by atoms with Crippen molar-refractivity contribution in [2.75, 3.05) is 7.05 Å². The summed E-state index contributed by atoms with van der Waals surface area (Å²) in [6.45, 7) is 1.91. The maximum Gasteiger partial charge on any atom is 0.222 e. The molecule has 3 aromatic rings. The number of nitrogens with zero attached hydrogens (tertiary/aromatic N) is 4. The monoisotopic (exact) mass is 451 g/mol. The Bertz CT molecular complexity index is 1250. The Labute approximate surface area is 189 Å². The number of aliphatic hydroxyl groups is 1. The molecule has 4 heterocycles. The summed E-state index contributed by atoms with van der Waals surface area (Å²) >= 11 is 0. The molecule has 0 radical (unpaired) electrons. The van der Waals surface area contributed by atoms with Gasteiger partial charge < -0.3 is 20.5 Å². The molecule has 1 aromatic carbocycles. The SMILES string of the molecule is CN1C(N)=NC2(CC(C)(Cc3ccc(F)cc3)Oc3cnc(-c4cccnc4F)cc32)C1O. The van der Waals surface area contributed by atoms with Crippen LogP contribution in [-0.2, 0) is 12.0 Å². The average molecular weight is 451 g/mol. The van der Waals surface area contributed by atoms with Crippen LogP contribution in [0.1, 0.15) is 24.5 Å². The number of nitrogens with two attached hydrogens (primary N) is 1. The summed E-state index contributed by atoms with van der Waals surface area (Å²) < 4.78 is 34.1. The Hall–Kier alpha value is -3.59. The molecular formula is C24H23F2N5O2. The third-order valence-corrected chi connectivity index (χ3v) is 6.33. The van der Waals surface area contributed by atoms with Gasteiger partial charge in [0.25, 0.3) is 0 Å². The van der Waals surface area contributed by atoms with Gasteiger partial charge in [-0.15, -0.1) is 0 Å². The molecule has 9 heteroatoms. The fraction of sp³-hybridized carbons (Fsp3) is 0.292. The highest BCUT2D eigenvalue weighted by molar-refractivity contribution is 5.81. The van der Waals surface area contributed by atoms with Crippen LogP contribution in [0.3, 0.4) is 0 Å². The number of benzene rings is 1. The molecule has 0 saturated heterocycles. The summed E-state index contributed by atoms with van der Waals surface area (Å²) in [4.78, 5) is 14.3. The van der Waals surface area contributed by atoms with Gasteiger partial charge in [0.15, 0.2) is 12.2 Å². The minimum atomic E-state index is -1.16. The van der Waals surface area contributed by atoms with Gasteiger partial charge in [0.05, 0.1) is 17.5 Å². The molecule has 3 N–H and O–H groups in total. The molecule has 0 bridgehead atoms. The molecule has 33 heavy (non-hydrogen) atoms. The Balaban J connectivity index is 1.63. The smallest absolute Gasteiger partial charge is 0.222 e. The molecule has 0 fully saturated rings. The number of hydrogen-bond acceptors (Lipinski definition) is 7. The number of aliphatic hydroxyl groups excluding tert-OH is 1. The zero-order chi connectivity index (χ0) is 23.4. The van der Waals surface area contributed by atoms with Gasteiger partial charge >= 0.3 is 0 Å². The van der Waals surface area contributed by atoms with Gasteiger partial charge in [-0.05, 0) is 42.8 Å². The summed E-state index contributed by atoms with van der Waals surface area (Å²) in [5.74, 6) is -0.362. The van der Waals surface area contributed by atoms with Crippen LogP contribution >= 0.6 is 0 Å². The largest absolute Gasteiger partial charge is 0.485 e. The Morgan fingerprint density at radius 2 is 1.97 bits per heavy atom. The number of halogens is 2. The quantitative estimate of drug-likeness (QED) is 0.595. The Morgan fingerprint density at radius 3 is 2.64 bits per heavy atom. The van der Waals surface area contributed by atoms with E-state index in [0.717, 1.165) is 5.56 Å². The second kappa shape index (κ2) is 7.48. The van der Waals surface area contributed by atoms with E-state index < -0.39 is 23.3 Å². The second-order valence-corrected chi connectivity index (χ2v) is 8.82.